The third kappa shape index (κ3) is 6.27. The molecule has 2 aliphatic rings. The summed E-state index contributed by atoms with van der Waals surface area (Å²) in [5.41, 5.74) is -0.568. The molecule has 1 saturated carbocycles. The molecule has 7 nitrogen and oxygen atoms in total. The van der Waals surface area contributed by atoms with Crippen molar-refractivity contribution in [3.8, 4) is 0 Å². The predicted molar refractivity (Wildman–Crippen MR) is 86.7 cm³/mol. The first-order valence-electron chi connectivity index (χ1n) is 8.21. The molecule has 1 aliphatic heterocycles. The lowest BCUT2D eigenvalue weighted by atomic mass is 9.86. The summed E-state index contributed by atoms with van der Waals surface area (Å²) in [5, 5.41) is 0. The smallest absolute Gasteiger partial charge is 0.410 e. The summed E-state index contributed by atoms with van der Waals surface area (Å²) in [4.78, 5) is 13.6. The quantitative estimate of drug-likeness (QED) is 0.810. The number of carbonyl (C=O) groups is 1. The van der Waals surface area contributed by atoms with E-state index < -0.39 is 27.8 Å². The number of amides is 1. The molecule has 1 heterocycles. The van der Waals surface area contributed by atoms with Crippen molar-refractivity contribution in [1.82, 2.24) is 9.62 Å². The maximum atomic E-state index is 12.1. The fourth-order valence-electron chi connectivity index (χ4n) is 2.56. The summed E-state index contributed by atoms with van der Waals surface area (Å²) < 4.78 is 37.7. The zero-order valence-electron chi connectivity index (χ0n) is 14.2. The molecule has 2 fully saturated rings. The van der Waals surface area contributed by atoms with E-state index in [1.165, 1.54) is 11.3 Å². The minimum absolute atomic E-state index is 0.126. The Balaban J connectivity index is 1.81. The third-order valence-corrected chi connectivity index (χ3v) is 5.43. The van der Waals surface area contributed by atoms with Crippen LogP contribution in [0.1, 0.15) is 40.0 Å². The van der Waals surface area contributed by atoms with Gasteiger partial charge >= 0.3 is 6.09 Å². The number of ether oxygens (including phenoxy) is 2. The molecule has 0 bridgehead atoms. The number of nitrogens with one attached hydrogen (secondary N) is 1. The topological polar surface area (TPSA) is 84.9 Å². The minimum Gasteiger partial charge on any atom is -0.444 e. The number of rotatable bonds is 5. The Kier molecular flexibility index (Phi) is 5.91. The van der Waals surface area contributed by atoms with Crippen molar-refractivity contribution < 1.29 is 22.7 Å². The molecule has 1 N–H and O–H groups in total. The minimum atomic E-state index is -3.39. The summed E-state index contributed by atoms with van der Waals surface area (Å²) in [5.74, 6) is 0.342. The van der Waals surface area contributed by atoms with Crippen LogP contribution in [0, 0.1) is 5.92 Å². The second-order valence-corrected chi connectivity index (χ2v) is 9.20. The summed E-state index contributed by atoms with van der Waals surface area (Å²) in [6, 6.07) is 0. The van der Waals surface area contributed by atoms with Gasteiger partial charge in [-0.3, -0.25) is 0 Å². The van der Waals surface area contributed by atoms with Gasteiger partial charge in [0.2, 0.25) is 10.0 Å². The average Bonchev–Trinajstić information content (AvgIpc) is 2.34. The van der Waals surface area contributed by atoms with Gasteiger partial charge in [0.1, 0.15) is 5.60 Å². The number of nitrogens with zero attached hydrogens (tertiary/aromatic N) is 1. The fourth-order valence-corrected chi connectivity index (χ4v) is 3.86. The van der Waals surface area contributed by atoms with Gasteiger partial charge < -0.3 is 14.4 Å². The standard InChI is InChI=1S/C15H28N2O5S/c1-15(2,3)22-14(18)17-7-8-21-13(10-17)11-23(19,20)16-9-12-5-4-6-12/h12-13,16H,4-11H2,1-3H3. The van der Waals surface area contributed by atoms with Gasteiger partial charge in [0.15, 0.2) is 0 Å². The van der Waals surface area contributed by atoms with Crippen LogP contribution < -0.4 is 4.72 Å². The van der Waals surface area contributed by atoms with Crippen molar-refractivity contribution in [3.05, 3.63) is 0 Å². The Hall–Kier alpha value is -0.860. The lowest BCUT2D eigenvalue weighted by Gasteiger charge is -2.34. The monoisotopic (exact) mass is 348 g/mol. The Labute approximate surface area is 138 Å². The van der Waals surface area contributed by atoms with E-state index >= 15 is 0 Å². The van der Waals surface area contributed by atoms with E-state index in [0.717, 1.165) is 12.8 Å². The highest BCUT2D eigenvalue weighted by Crippen LogP contribution is 2.25. The first-order valence-corrected chi connectivity index (χ1v) is 9.87. The molecule has 2 rings (SSSR count). The summed E-state index contributed by atoms with van der Waals surface area (Å²) in [6.07, 6.45) is 2.42. The van der Waals surface area contributed by atoms with E-state index in [-0.39, 0.29) is 12.3 Å². The lowest BCUT2D eigenvalue weighted by molar-refractivity contribution is -0.0343. The molecule has 1 saturated heterocycles. The molecule has 1 aliphatic carbocycles. The van der Waals surface area contributed by atoms with Crippen LogP contribution in [0.2, 0.25) is 0 Å². The first-order chi connectivity index (χ1) is 10.6. The number of morpholine rings is 1. The highest BCUT2D eigenvalue weighted by atomic mass is 32.2. The van der Waals surface area contributed by atoms with E-state index in [0.29, 0.717) is 25.6 Å². The summed E-state index contributed by atoms with van der Waals surface area (Å²) in [7, 11) is -3.39. The average molecular weight is 348 g/mol. The van der Waals surface area contributed by atoms with Gasteiger partial charge in [0.25, 0.3) is 0 Å². The zero-order chi connectivity index (χ0) is 17.1. The molecule has 0 aromatic rings. The van der Waals surface area contributed by atoms with Crippen molar-refractivity contribution in [1.29, 1.82) is 0 Å². The zero-order valence-corrected chi connectivity index (χ0v) is 15.0. The van der Waals surface area contributed by atoms with Crippen molar-refractivity contribution in [2.75, 3.05) is 32.0 Å². The van der Waals surface area contributed by atoms with Crippen molar-refractivity contribution in [2.24, 2.45) is 5.92 Å². The van der Waals surface area contributed by atoms with Crippen LogP contribution in [0.3, 0.4) is 0 Å². The summed E-state index contributed by atoms with van der Waals surface area (Å²) in [6.45, 7) is 6.89. The molecular weight excluding hydrogens is 320 g/mol. The fraction of sp³-hybridized carbons (Fsp3) is 0.933. The van der Waals surface area contributed by atoms with E-state index in [4.69, 9.17) is 9.47 Å². The Bertz CT molecular complexity index is 510. The Morgan fingerprint density at radius 1 is 1.35 bits per heavy atom. The molecule has 0 aromatic heterocycles. The Morgan fingerprint density at radius 3 is 2.61 bits per heavy atom. The molecule has 134 valence electrons. The van der Waals surface area contributed by atoms with Gasteiger partial charge in [-0.15, -0.1) is 0 Å². The number of hydrogen-bond donors (Lipinski definition) is 1. The van der Waals surface area contributed by atoms with Gasteiger partial charge in [0, 0.05) is 13.1 Å². The van der Waals surface area contributed by atoms with Crippen LogP contribution in [0.25, 0.3) is 0 Å². The van der Waals surface area contributed by atoms with Crippen LogP contribution in [0.4, 0.5) is 4.79 Å². The molecule has 8 heteroatoms. The molecule has 0 radical (unpaired) electrons. The third-order valence-electron chi connectivity index (χ3n) is 4.01. The molecule has 1 unspecified atom stereocenters. The highest BCUT2D eigenvalue weighted by Gasteiger charge is 2.31. The maximum absolute atomic E-state index is 12.1. The summed E-state index contributed by atoms with van der Waals surface area (Å²) >= 11 is 0. The number of hydrogen-bond acceptors (Lipinski definition) is 5. The second-order valence-electron chi connectivity index (χ2n) is 7.35. The number of carbonyl (C=O) groups excluding carboxylic acids is 1. The van der Waals surface area contributed by atoms with Crippen molar-refractivity contribution in [3.63, 3.8) is 0 Å². The van der Waals surface area contributed by atoms with E-state index in [9.17, 15) is 13.2 Å². The lowest BCUT2D eigenvalue weighted by Crippen LogP contribution is -2.50. The van der Waals surface area contributed by atoms with Crippen molar-refractivity contribution >= 4 is 16.1 Å². The van der Waals surface area contributed by atoms with Gasteiger partial charge in [-0.05, 0) is 39.5 Å². The van der Waals surface area contributed by atoms with Crippen LogP contribution in [-0.2, 0) is 19.5 Å². The van der Waals surface area contributed by atoms with Crippen molar-refractivity contribution in [2.45, 2.75) is 51.7 Å². The molecule has 0 spiro atoms. The normalized spacial score (nSPS) is 23.4. The largest absolute Gasteiger partial charge is 0.444 e. The van der Waals surface area contributed by atoms with Crippen LogP contribution in [0.5, 0.6) is 0 Å². The van der Waals surface area contributed by atoms with E-state index in [2.05, 4.69) is 4.72 Å². The van der Waals surface area contributed by atoms with Crippen LogP contribution in [0.15, 0.2) is 0 Å². The van der Waals surface area contributed by atoms with Crippen LogP contribution in [-0.4, -0.2) is 63.1 Å². The van der Waals surface area contributed by atoms with Gasteiger partial charge in [-0.25, -0.2) is 17.9 Å². The maximum Gasteiger partial charge on any atom is 0.410 e. The molecule has 0 aromatic carbocycles. The van der Waals surface area contributed by atoms with Gasteiger partial charge in [-0.2, -0.15) is 0 Å². The highest BCUT2D eigenvalue weighted by molar-refractivity contribution is 7.89. The van der Waals surface area contributed by atoms with E-state index in [1.807, 2.05) is 0 Å². The Morgan fingerprint density at radius 2 is 2.04 bits per heavy atom. The molecule has 1 atom stereocenters. The molecule has 1 amide bonds. The second kappa shape index (κ2) is 7.36. The SMILES string of the molecule is CC(C)(C)OC(=O)N1CCOC(CS(=O)(=O)NCC2CCC2)C1. The first kappa shape index (κ1) is 18.5. The van der Waals surface area contributed by atoms with Gasteiger partial charge in [-0.1, -0.05) is 6.42 Å². The molecule has 23 heavy (non-hydrogen) atoms. The predicted octanol–water partition coefficient (Wildman–Crippen LogP) is 1.34. The van der Waals surface area contributed by atoms with E-state index in [1.54, 1.807) is 20.8 Å². The molecular formula is C15H28N2O5S. The van der Waals surface area contributed by atoms with Gasteiger partial charge in [0.05, 0.1) is 25.0 Å². The number of sulfonamides is 1. The van der Waals surface area contributed by atoms with Crippen LogP contribution >= 0.6 is 0 Å².